The smallest absolute Gasteiger partial charge is 0.323 e. The molecule has 34 heavy (non-hydrogen) atoms. The van der Waals surface area contributed by atoms with E-state index in [-0.39, 0.29) is 23.1 Å². The summed E-state index contributed by atoms with van der Waals surface area (Å²) in [5.74, 6) is 0.361. The third kappa shape index (κ3) is 4.57. The fourth-order valence-corrected chi connectivity index (χ4v) is 5.77. The maximum Gasteiger partial charge on any atom is 0.323 e. The first-order valence-corrected chi connectivity index (χ1v) is 11.9. The molecule has 180 valence electrons. The third-order valence-electron chi connectivity index (χ3n) is 7.39. The molecule has 1 aromatic carbocycles. The number of benzene rings is 1. The van der Waals surface area contributed by atoms with E-state index in [9.17, 15) is 18.8 Å². The number of likely N-dealkylation sites (tertiary alicyclic amines) is 2. The number of pyridine rings is 1. The summed E-state index contributed by atoms with van der Waals surface area (Å²) in [6, 6.07) is 9.12. The number of nitrogens with zero attached hydrogens (tertiary/aromatic N) is 3. The second-order valence-electron chi connectivity index (χ2n) is 9.67. The first-order chi connectivity index (χ1) is 16.4. The lowest BCUT2D eigenvalue weighted by molar-refractivity contribution is -0.130. The molecule has 2 bridgehead atoms. The van der Waals surface area contributed by atoms with E-state index in [1.807, 2.05) is 15.5 Å². The molecule has 2 N–H and O–H groups in total. The van der Waals surface area contributed by atoms with E-state index in [0.29, 0.717) is 24.2 Å². The van der Waals surface area contributed by atoms with Crippen LogP contribution < -0.4 is 16.2 Å². The molecule has 0 radical (unpaired) electrons. The summed E-state index contributed by atoms with van der Waals surface area (Å²) < 4.78 is 15.2. The van der Waals surface area contributed by atoms with Crippen molar-refractivity contribution in [2.45, 2.75) is 44.7 Å². The monoisotopic (exact) mass is 467 g/mol. The van der Waals surface area contributed by atoms with Crippen LogP contribution in [0.4, 0.5) is 20.6 Å². The number of hydrogen-bond acceptors (Lipinski definition) is 4. The quantitative estimate of drug-likeness (QED) is 0.727. The zero-order chi connectivity index (χ0) is 23.8. The minimum Gasteiger partial charge on any atom is -0.343 e. The molecule has 2 saturated heterocycles. The Balaban J connectivity index is 1.27. The van der Waals surface area contributed by atoms with Crippen LogP contribution in [0.2, 0.25) is 0 Å². The summed E-state index contributed by atoms with van der Waals surface area (Å²) in [4.78, 5) is 41.7. The molecule has 3 aliphatic heterocycles. The van der Waals surface area contributed by atoms with Crippen LogP contribution in [0.25, 0.3) is 0 Å². The number of amides is 3. The maximum absolute atomic E-state index is 13.4. The first kappa shape index (κ1) is 22.6. The normalized spacial score (nSPS) is 22.7. The number of fused-ring (bicyclic) bond motifs is 4. The van der Waals surface area contributed by atoms with Crippen molar-refractivity contribution in [2.75, 3.05) is 36.8 Å². The van der Waals surface area contributed by atoms with Gasteiger partial charge >= 0.3 is 6.03 Å². The van der Waals surface area contributed by atoms with E-state index in [0.717, 1.165) is 51.1 Å². The zero-order valence-electron chi connectivity index (χ0n) is 19.3. The largest absolute Gasteiger partial charge is 0.343 e. The predicted molar refractivity (Wildman–Crippen MR) is 127 cm³/mol. The summed E-state index contributed by atoms with van der Waals surface area (Å²) in [6.45, 7) is 5.75. The van der Waals surface area contributed by atoms with E-state index in [4.69, 9.17) is 0 Å². The van der Waals surface area contributed by atoms with E-state index >= 15 is 0 Å². The Kier molecular flexibility index (Phi) is 6.12. The van der Waals surface area contributed by atoms with Crippen molar-refractivity contribution in [3.8, 4) is 0 Å². The molecule has 8 nitrogen and oxygen atoms in total. The molecule has 1 aromatic heterocycles. The van der Waals surface area contributed by atoms with Gasteiger partial charge in [-0.2, -0.15) is 0 Å². The van der Waals surface area contributed by atoms with Crippen molar-refractivity contribution in [3.05, 3.63) is 58.3 Å². The zero-order valence-corrected chi connectivity index (χ0v) is 19.3. The summed E-state index contributed by atoms with van der Waals surface area (Å²) in [6.07, 6.45) is 3.05. The van der Waals surface area contributed by atoms with Gasteiger partial charge in [-0.15, -0.1) is 0 Å². The van der Waals surface area contributed by atoms with Gasteiger partial charge in [0.15, 0.2) is 0 Å². The number of hydrogen-bond donors (Lipinski definition) is 2. The number of aromatic nitrogens is 1. The third-order valence-corrected chi connectivity index (χ3v) is 7.39. The van der Waals surface area contributed by atoms with Crippen LogP contribution in [0.15, 0.2) is 41.2 Å². The molecular weight excluding hydrogens is 437 g/mol. The molecule has 0 aliphatic carbocycles. The Morgan fingerprint density at radius 3 is 2.56 bits per heavy atom. The number of piperidine rings is 2. The highest BCUT2D eigenvalue weighted by Crippen LogP contribution is 2.37. The Morgan fingerprint density at radius 1 is 1.03 bits per heavy atom. The Bertz CT molecular complexity index is 1160. The average molecular weight is 468 g/mol. The number of halogens is 1. The number of carbonyl (C=O) groups is 2. The van der Waals surface area contributed by atoms with Gasteiger partial charge < -0.3 is 20.1 Å². The van der Waals surface area contributed by atoms with Gasteiger partial charge in [-0.1, -0.05) is 6.07 Å². The van der Waals surface area contributed by atoms with Gasteiger partial charge in [0.2, 0.25) is 5.91 Å². The minimum absolute atomic E-state index is 0.149. The second kappa shape index (κ2) is 9.21. The highest BCUT2D eigenvalue weighted by Gasteiger charge is 2.38. The van der Waals surface area contributed by atoms with Crippen LogP contribution >= 0.6 is 0 Å². The number of anilines is 2. The lowest BCUT2D eigenvalue weighted by atomic mass is 9.82. The fraction of sp³-hybridized carbons (Fsp3) is 0.480. The minimum atomic E-state index is -0.581. The maximum atomic E-state index is 13.4. The van der Waals surface area contributed by atoms with Gasteiger partial charge in [0.25, 0.3) is 5.56 Å². The van der Waals surface area contributed by atoms with Crippen LogP contribution in [0, 0.1) is 11.7 Å². The summed E-state index contributed by atoms with van der Waals surface area (Å²) >= 11 is 0. The summed E-state index contributed by atoms with van der Waals surface area (Å²) in [5, 5.41) is 5.18. The molecule has 3 amide bonds. The Hall–Kier alpha value is -3.20. The molecule has 5 rings (SSSR count). The van der Waals surface area contributed by atoms with Crippen molar-refractivity contribution >= 4 is 23.3 Å². The van der Waals surface area contributed by atoms with Crippen LogP contribution in [0.5, 0.6) is 0 Å². The van der Waals surface area contributed by atoms with Crippen molar-refractivity contribution in [3.63, 3.8) is 0 Å². The average Bonchev–Trinajstić information content (AvgIpc) is 2.81. The van der Waals surface area contributed by atoms with Crippen LogP contribution in [0.1, 0.15) is 37.8 Å². The molecule has 0 saturated carbocycles. The number of rotatable bonds is 3. The van der Waals surface area contributed by atoms with E-state index in [1.165, 1.54) is 18.2 Å². The molecular formula is C25H30FN5O3. The first-order valence-electron chi connectivity index (χ1n) is 11.9. The van der Waals surface area contributed by atoms with Gasteiger partial charge in [-0.3, -0.25) is 14.5 Å². The molecule has 9 heteroatoms. The highest BCUT2D eigenvalue weighted by molar-refractivity contribution is 5.99. The van der Waals surface area contributed by atoms with Crippen LogP contribution in [0.3, 0.4) is 0 Å². The van der Waals surface area contributed by atoms with Crippen molar-refractivity contribution < 1.29 is 14.0 Å². The molecule has 2 aromatic rings. The van der Waals surface area contributed by atoms with Crippen LogP contribution in [-0.2, 0) is 11.3 Å². The van der Waals surface area contributed by atoms with E-state index in [1.54, 1.807) is 19.1 Å². The second-order valence-corrected chi connectivity index (χ2v) is 9.67. The lowest BCUT2D eigenvalue weighted by Crippen LogP contribution is -2.53. The predicted octanol–water partition coefficient (Wildman–Crippen LogP) is 3.06. The van der Waals surface area contributed by atoms with Gasteiger partial charge in [-0.25, -0.2) is 9.18 Å². The van der Waals surface area contributed by atoms with Gasteiger partial charge in [0.1, 0.15) is 11.5 Å². The summed E-state index contributed by atoms with van der Waals surface area (Å²) in [5.41, 5.74) is 1.35. The molecule has 2 atom stereocenters. The van der Waals surface area contributed by atoms with Crippen molar-refractivity contribution in [2.24, 2.45) is 5.92 Å². The summed E-state index contributed by atoms with van der Waals surface area (Å²) in [7, 11) is 0. The lowest BCUT2D eigenvalue weighted by Gasteiger charge is -2.47. The Labute approximate surface area is 197 Å². The van der Waals surface area contributed by atoms with Crippen molar-refractivity contribution in [1.82, 2.24) is 14.4 Å². The number of urea groups is 1. The molecule has 4 heterocycles. The van der Waals surface area contributed by atoms with Gasteiger partial charge in [-0.05, 0) is 55.5 Å². The molecule has 2 fully saturated rings. The van der Waals surface area contributed by atoms with E-state index in [2.05, 4.69) is 15.5 Å². The van der Waals surface area contributed by atoms with E-state index < -0.39 is 11.8 Å². The van der Waals surface area contributed by atoms with Crippen LogP contribution in [-0.4, -0.2) is 58.5 Å². The molecule has 0 unspecified atom stereocenters. The van der Waals surface area contributed by atoms with Gasteiger partial charge in [0, 0.05) is 63.0 Å². The number of nitrogens with one attached hydrogen (secondary N) is 2. The molecule has 3 aliphatic rings. The fourth-order valence-electron chi connectivity index (χ4n) is 5.77. The van der Waals surface area contributed by atoms with Crippen molar-refractivity contribution in [1.29, 1.82) is 0 Å². The topological polar surface area (TPSA) is 86.7 Å². The standard InChI is InChI=1S/C25H30FN5O3/c1-16(32)29-9-7-21(8-10-29)30-13-17-11-18(15-30)23-6-5-22(24(33)31(23)14-17)28-25(34)27-20-4-2-3-19(26)12-20/h2-6,12,17-18,21H,7-11,13-15H2,1H3,(H2,27,28,34)/t17-,18+/m0/s1. The van der Waals surface area contributed by atoms with Gasteiger partial charge in [0.05, 0.1) is 0 Å². The Morgan fingerprint density at radius 2 is 1.82 bits per heavy atom. The highest BCUT2D eigenvalue weighted by atomic mass is 19.1. The number of carbonyl (C=O) groups excluding carboxylic acids is 2. The molecule has 0 spiro atoms. The SMILES string of the molecule is CC(=O)N1CCC(N2C[C@@H]3C[C@H](C2)c2ccc(NC(=O)Nc4cccc(F)c4)c(=O)n2C3)CC1.